The van der Waals surface area contributed by atoms with E-state index in [9.17, 15) is 9.59 Å². The highest BCUT2D eigenvalue weighted by molar-refractivity contribution is 5.87. The number of azide groups is 1. The Balaban J connectivity index is 4.14. The fourth-order valence-electron chi connectivity index (χ4n) is 1.84. The van der Waals surface area contributed by atoms with E-state index in [4.69, 9.17) is 5.53 Å². The van der Waals surface area contributed by atoms with Crippen LogP contribution >= 0.6 is 0 Å². The Kier molecular flexibility index (Phi) is 13.0. The van der Waals surface area contributed by atoms with E-state index in [-0.39, 0.29) is 24.4 Å². The summed E-state index contributed by atoms with van der Waals surface area (Å²) in [5, 5.41) is 12.0. The van der Waals surface area contributed by atoms with Crippen molar-refractivity contribution in [3.05, 3.63) is 10.4 Å². The molecule has 0 spiro atoms. The van der Waals surface area contributed by atoms with Gasteiger partial charge in [-0.2, -0.15) is 0 Å². The molecule has 126 valence electrons. The van der Waals surface area contributed by atoms with Crippen molar-refractivity contribution in [1.29, 1.82) is 0 Å². The zero-order valence-electron chi connectivity index (χ0n) is 13.6. The molecule has 0 aliphatic rings. The fourth-order valence-corrected chi connectivity index (χ4v) is 1.84. The largest absolute Gasteiger partial charge is 0.355 e. The monoisotopic (exact) mass is 312 g/mol. The van der Waals surface area contributed by atoms with E-state index in [1.54, 1.807) is 0 Å². The first-order valence-corrected chi connectivity index (χ1v) is 7.94. The second-order valence-corrected chi connectivity index (χ2v) is 5.02. The molecule has 3 N–H and O–H groups in total. The predicted molar refractivity (Wildman–Crippen MR) is 86.3 cm³/mol. The van der Waals surface area contributed by atoms with E-state index in [2.05, 4.69) is 26.0 Å². The molecule has 0 radical (unpaired) electrons. The third-order valence-electron chi connectivity index (χ3n) is 3.02. The van der Waals surface area contributed by atoms with Crippen LogP contribution in [-0.4, -0.2) is 44.0 Å². The molecule has 0 aliphatic carbocycles. The van der Waals surface area contributed by atoms with Crippen molar-refractivity contribution < 1.29 is 9.59 Å². The minimum absolute atomic E-state index is 0.00185. The number of carbonyl (C=O) groups is 2. The quantitative estimate of drug-likeness (QED) is 0.207. The summed E-state index contributed by atoms with van der Waals surface area (Å²) in [6.07, 6.45) is 3.99. The SMILES string of the molecule is CCCNC(=O)CNC(=O)[C@H](CCCCN=[N+]=[N-])NCCC. The number of hydrogen-bond acceptors (Lipinski definition) is 4. The Morgan fingerprint density at radius 2 is 1.86 bits per heavy atom. The average molecular weight is 312 g/mol. The Labute approximate surface area is 132 Å². The number of unbranched alkanes of at least 4 members (excludes halogenated alkanes) is 1. The Morgan fingerprint density at radius 1 is 1.14 bits per heavy atom. The molecule has 22 heavy (non-hydrogen) atoms. The molecule has 0 saturated carbocycles. The Morgan fingerprint density at radius 3 is 2.50 bits per heavy atom. The first-order valence-electron chi connectivity index (χ1n) is 7.94. The first kappa shape index (κ1) is 20.2. The van der Waals surface area contributed by atoms with Gasteiger partial charge in [0, 0.05) is 18.0 Å². The van der Waals surface area contributed by atoms with E-state index in [0.29, 0.717) is 19.5 Å². The summed E-state index contributed by atoms with van der Waals surface area (Å²) in [5.41, 5.74) is 8.21. The third kappa shape index (κ3) is 10.9. The maximum Gasteiger partial charge on any atom is 0.239 e. The van der Waals surface area contributed by atoms with Crippen LogP contribution in [0, 0.1) is 0 Å². The van der Waals surface area contributed by atoms with Crippen LogP contribution < -0.4 is 16.0 Å². The standard InChI is InChI=1S/C14H28N6O2/c1-3-8-16-12(7-5-6-10-19-20-15)14(22)18-11-13(21)17-9-4-2/h12,16H,3-11H2,1-2H3,(H,17,21)(H,18,22)/t12-/m0/s1. The van der Waals surface area contributed by atoms with Gasteiger partial charge in [-0.3, -0.25) is 9.59 Å². The highest BCUT2D eigenvalue weighted by Crippen LogP contribution is 2.02. The summed E-state index contributed by atoms with van der Waals surface area (Å²) < 4.78 is 0. The van der Waals surface area contributed by atoms with Crippen LogP contribution in [0.5, 0.6) is 0 Å². The van der Waals surface area contributed by atoms with Crippen LogP contribution in [0.2, 0.25) is 0 Å². The normalized spacial score (nSPS) is 11.4. The van der Waals surface area contributed by atoms with E-state index < -0.39 is 0 Å². The van der Waals surface area contributed by atoms with Gasteiger partial charge >= 0.3 is 0 Å². The lowest BCUT2D eigenvalue weighted by Crippen LogP contribution is -2.47. The van der Waals surface area contributed by atoms with Gasteiger partial charge in [0.15, 0.2) is 0 Å². The van der Waals surface area contributed by atoms with Gasteiger partial charge in [0.1, 0.15) is 0 Å². The number of carbonyl (C=O) groups excluding carboxylic acids is 2. The van der Waals surface area contributed by atoms with Gasteiger partial charge in [0.05, 0.1) is 12.6 Å². The van der Waals surface area contributed by atoms with Gasteiger partial charge in [0.2, 0.25) is 11.8 Å². The Bertz CT molecular complexity index is 368. The van der Waals surface area contributed by atoms with Crippen LogP contribution in [0.1, 0.15) is 46.0 Å². The van der Waals surface area contributed by atoms with Crippen molar-refractivity contribution in [3.8, 4) is 0 Å². The molecule has 0 aromatic rings. The molecule has 0 aromatic heterocycles. The summed E-state index contributed by atoms with van der Waals surface area (Å²) in [6, 6.07) is -0.315. The lowest BCUT2D eigenvalue weighted by atomic mass is 10.1. The molecule has 0 rings (SSSR count). The number of nitrogens with one attached hydrogen (secondary N) is 3. The van der Waals surface area contributed by atoms with E-state index in [1.807, 2.05) is 13.8 Å². The molecule has 0 saturated heterocycles. The summed E-state index contributed by atoms with van der Waals surface area (Å²) in [5.74, 6) is -0.336. The van der Waals surface area contributed by atoms with E-state index in [0.717, 1.165) is 32.2 Å². The van der Waals surface area contributed by atoms with Gasteiger partial charge in [-0.05, 0) is 37.8 Å². The molecular weight excluding hydrogens is 284 g/mol. The summed E-state index contributed by atoms with van der Waals surface area (Å²) in [7, 11) is 0. The highest BCUT2D eigenvalue weighted by atomic mass is 16.2. The molecule has 8 nitrogen and oxygen atoms in total. The molecule has 1 atom stereocenters. The topological polar surface area (TPSA) is 119 Å². The van der Waals surface area contributed by atoms with Crippen LogP contribution in [0.3, 0.4) is 0 Å². The van der Waals surface area contributed by atoms with Crippen molar-refractivity contribution in [2.75, 3.05) is 26.2 Å². The van der Waals surface area contributed by atoms with Gasteiger partial charge in [-0.25, -0.2) is 0 Å². The van der Waals surface area contributed by atoms with Crippen molar-refractivity contribution >= 4 is 11.8 Å². The number of nitrogens with zero attached hydrogens (tertiary/aromatic N) is 3. The molecule has 0 aliphatic heterocycles. The number of amides is 2. The molecular formula is C14H28N6O2. The molecule has 0 aromatic carbocycles. The second-order valence-electron chi connectivity index (χ2n) is 5.02. The zero-order chi connectivity index (χ0) is 16.6. The van der Waals surface area contributed by atoms with Gasteiger partial charge in [-0.1, -0.05) is 25.4 Å². The first-order chi connectivity index (χ1) is 10.7. The van der Waals surface area contributed by atoms with Crippen LogP contribution in [-0.2, 0) is 9.59 Å². The van der Waals surface area contributed by atoms with Gasteiger partial charge in [0.25, 0.3) is 0 Å². The lowest BCUT2D eigenvalue weighted by Gasteiger charge is -2.18. The maximum atomic E-state index is 12.1. The predicted octanol–water partition coefficient (Wildman–Crippen LogP) is 1.48. The van der Waals surface area contributed by atoms with E-state index >= 15 is 0 Å². The summed E-state index contributed by atoms with van der Waals surface area (Å²) in [6.45, 7) is 5.81. The van der Waals surface area contributed by atoms with Crippen LogP contribution in [0.4, 0.5) is 0 Å². The van der Waals surface area contributed by atoms with Crippen LogP contribution in [0.25, 0.3) is 10.4 Å². The summed E-state index contributed by atoms with van der Waals surface area (Å²) in [4.78, 5) is 26.3. The van der Waals surface area contributed by atoms with Crippen molar-refractivity contribution in [3.63, 3.8) is 0 Å². The summed E-state index contributed by atoms with van der Waals surface area (Å²) >= 11 is 0. The van der Waals surface area contributed by atoms with Crippen molar-refractivity contribution in [2.45, 2.75) is 52.0 Å². The third-order valence-corrected chi connectivity index (χ3v) is 3.02. The minimum atomic E-state index is -0.315. The Hall–Kier alpha value is -1.79. The smallest absolute Gasteiger partial charge is 0.239 e. The van der Waals surface area contributed by atoms with Crippen molar-refractivity contribution in [2.24, 2.45) is 5.11 Å². The van der Waals surface area contributed by atoms with Gasteiger partial charge in [-0.15, -0.1) is 0 Å². The number of rotatable bonds is 13. The second kappa shape index (κ2) is 14.2. The van der Waals surface area contributed by atoms with Gasteiger partial charge < -0.3 is 16.0 Å². The molecule has 0 fully saturated rings. The number of hydrogen-bond donors (Lipinski definition) is 3. The fraction of sp³-hybridized carbons (Fsp3) is 0.857. The lowest BCUT2D eigenvalue weighted by molar-refractivity contribution is -0.127. The average Bonchev–Trinajstić information content (AvgIpc) is 2.53. The minimum Gasteiger partial charge on any atom is -0.355 e. The molecule has 0 unspecified atom stereocenters. The molecule has 8 heteroatoms. The van der Waals surface area contributed by atoms with Crippen LogP contribution in [0.15, 0.2) is 5.11 Å². The van der Waals surface area contributed by atoms with Crippen molar-refractivity contribution in [1.82, 2.24) is 16.0 Å². The molecule has 0 heterocycles. The van der Waals surface area contributed by atoms with E-state index in [1.165, 1.54) is 0 Å². The molecule has 0 bridgehead atoms. The zero-order valence-corrected chi connectivity index (χ0v) is 13.6. The highest BCUT2D eigenvalue weighted by Gasteiger charge is 2.17. The molecule has 2 amide bonds. The maximum absolute atomic E-state index is 12.1.